The number of pyridine rings is 1. The van der Waals surface area contributed by atoms with E-state index in [1.165, 1.54) is 37.8 Å². The van der Waals surface area contributed by atoms with Gasteiger partial charge in [-0.3, -0.25) is 9.78 Å². The fraction of sp³-hybridized carbons (Fsp3) is 0.696. The lowest BCUT2D eigenvalue weighted by Gasteiger charge is -2.34. The van der Waals surface area contributed by atoms with Gasteiger partial charge in [-0.2, -0.15) is 0 Å². The number of rotatable bonds is 7. The highest BCUT2D eigenvalue weighted by molar-refractivity contribution is 5.84. The molecule has 2 heterocycles. The normalized spacial score (nSPS) is 18.9. The highest BCUT2D eigenvalue weighted by Gasteiger charge is 2.20. The lowest BCUT2D eigenvalue weighted by molar-refractivity contribution is -0.127. The van der Waals surface area contributed by atoms with E-state index in [1.54, 1.807) is 19.0 Å². The summed E-state index contributed by atoms with van der Waals surface area (Å²) in [4.78, 5) is 24.7. The quantitative estimate of drug-likeness (QED) is 0.530. The molecule has 0 radical (unpaired) electrons. The summed E-state index contributed by atoms with van der Waals surface area (Å²) in [6.45, 7) is 4.17. The Balaban J connectivity index is 1.47. The van der Waals surface area contributed by atoms with E-state index in [0.29, 0.717) is 5.92 Å². The van der Waals surface area contributed by atoms with Gasteiger partial charge in [0.15, 0.2) is 5.96 Å². The van der Waals surface area contributed by atoms with Crippen LogP contribution >= 0.6 is 0 Å². The van der Waals surface area contributed by atoms with Crippen LogP contribution in [0.3, 0.4) is 0 Å². The van der Waals surface area contributed by atoms with Crippen LogP contribution in [0.2, 0.25) is 0 Å². The Morgan fingerprint density at radius 3 is 2.23 bits per heavy atom. The van der Waals surface area contributed by atoms with Crippen LogP contribution in [-0.2, 0) is 4.79 Å². The van der Waals surface area contributed by atoms with Crippen LogP contribution in [0.4, 0.5) is 5.69 Å². The van der Waals surface area contributed by atoms with Crippen LogP contribution in [0.1, 0.15) is 44.9 Å². The predicted molar refractivity (Wildman–Crippen MR) is 123 cm³/mol. The molecule has 1 aromatic heterocycles. The van der Waals surface area contributed by atoms with E-state index in [0.717, 1.165) is 50.9 Å². The van der Waals surface area contributed by atoms with E-state index in [-0.39, 0.29) is 12.5 Å². The van der Waals surface area contributed by atoms with Gasteiger partial charge in [0.05, 0.1) is 0 Å². The molecule has 166 valence electrons. The van der Waals surface area contributed by atoms with Gasteiger partial charge >= 0.3 is 0 Å². The van der Waals surface area contributed by atoms with E-state index in [4.69, 9.17) is 0 Å². The average Bonchev–Trinajstić information content (AvgIpc) is 2.80. The van der Waals surface area contributed by atoms with Gasteiger partial charge in [-0.05, 0) is 49.7 Å². The molecule has 2 fully saturated rings. The van der Waals surface area contributed by atoms with E-state index in [1.807, 2.05) is 12.4 Å². The Morgan fingerprint density at radius 1 is 1.03 bits per heavy atom. The van der Waals surface area contributed by atoms with Gasteiger partial charge in [0, 0.05) is 58.4 Å². The number of nitrogens with one attached hydrogen (secondary N) is 2. The minimum absolute atomic E-state index is 0.0272. The van der Waals surface area contributed by atoms with Gasteiger partial charge in [-0.1, -0.05) is 19.3 Å². The van der Waals surface area contributed by atoms with Crippen LogP contribution in [0.25, 0.3) is 0 Å². The van der Waals surface area contributed by atoms with E-state index in [2.05, 4.69) is 37.6 Å². The summed E-state index contributed by atoms with van der Waals surface area (Å²) >= 11 is 0. The van der Waals surface area contributed by atoms with Crippen molar-refractivity contribution in [2.75, 3.05) is 51.7 Å². The molecule has 0 bridgehead atoms. The van der Waals surface area contributed by atoms with E-state index in [9.17, 15) is 4.79 Å². The fourth-order valence-electron chi connectivity index (χ4n) is 4.29. The summed E-state index contributed by atoms with van der Waals surface area (Å²) in [5, 5.41) is 7.03. The predicted octanol–water partition coefficient (Wildman–Crippen LogP) is 2.50. The fourth-order valence-corrected chi connectivity index (χ4v) is 4.29. The Kier molecular flexibility index (Phi) is 8.78. The minimum atomic E-state index is 0.0272. The Morgan fingerprint density at radius 2 is 1.63 bits per heavy atom. The molecule has 2 N–H and O–H groups in total. The topological polar surface area (TPSA) is 72.9 Å². The molecule has 7 nitrogen and oxygen atoms in total. The van der Waals surface area contributed by atoms with Crippen molar-refractivity contribution in [1.29, 1.82) is 0 Å². The van der Waals surface area contributed by atoms with E-state index >= 15 is 0 Å². The number of piperidine rings is 1. The van der Waals surface area contributed by atoms with Crippen LogP contribution in [0.5, 0.6) is 0 Å². The number of guanidine groups is 1. The summed E-state index contributed by atoms with van der Waals surface area (Å²) in [6, 6.07) is 4.17. The second-order valence-corrected chi connectivity index (χ2v) is 8.85. The maximum absolute atomic E-state index is 12.0. The molecular formula is C23H38N6O. The molecule has 1 aliphatic heterocycles. The number of hydrogen-bond donors (Lipinski definition) is 2. The molecule has 3 rings (SSSR count). The van der Waals surface area contributed by atoms with Crippen molar-refractivity contribution in [1.82, 2.24) is 20.5 Å². The third kappa shape index (κ3) is 7.18. The average molecular weight is 415 g/mol. The lowest BCUT2D eigenvalue weighted by Crippen LogP contribution is -2.44. The number of carbonyl (C=O) groups excluding carboxylic acids is 1. The van der Waals surface area contributed by atoms with Crippen molar-refractivity contribution < 1.29 is 4.79 Å². The second-order valence-electron chi connectivity index (χ2n) is 8.85. The molecule has 30 heavy (non-hydrogen) atoms. The van der Waals surface area contributed by atoms with Crippen LogP contribution in [0.15, 0.2) is 29.5 Å². The standard InChI is InChI=1S/C23H38N6O/c1-28(2)22(30)18-27-23(25-16-19-6-4-3-5-7-19)26-17-20-10-14-29(15-11-20)21-8-12-24-13-9-21/h8-9,12-13,19-20H,3-7,10-11,14-18H2,1-2H3,(H2,25,26,27). The number of likely N-dealkylation sites (N-methyl/N-ethyl adjacent to an activating group) is 1. The molecule has 1 amide bonds. The zero-order valence-corrected chi connectivity index (χ0v) is 18.6. The SMILES string of the molecule is CN(C)C(=O)CN=C(NCC1CCCCC1)NCC1CCN(c2ccncc2)CC1. The number of amides is 1. The van der Waals surface area contributed by atoms with Gasteiger partial charge in [0.25, 0.3) is 0 Å². The first kappa shape index (κ1) is 22.4. The Hall–Kier alpha value is -2.31. The second kappa shape index (κ2) is 11.8. The zero-order chi connectivity index (χ0) is 21.2. The van der Waals surface area contributed by atoms with Crippen molar-refractivity contribution in [3.05, 3.63) is 24.5 Å². The summed E-state index contributed by atoms with van der Waals surface area (Å²) in [5.41, 5.74) is 1.26. The van der Waals surface area contributed by atoms with Crippen LogP contribution in [-0.4, -0.2) is 68.6 Å². The Labute approximate surface area is 181 Å². The molecule has 0 aromatic carbocycles. The molecule has 1 aliphatic carbocycles. The molecular weight excluding hydrogens is 376 g/mol. The monoisotopic (exact) mass is 414 g/mol. The highest BCUT2D eigenvalue weighted by atomic mass is 16.2. The molecule has 1 saturated carbocycles. The largest absolute Gasteiger partial charge is 0.371 e. The van der Waals surface area contributed by atoms with Crippen LogP contribution in [0, 0.1) is 11.8 Å². The van der Waals surface area contributed by atoms with Crippen LogP contribution < -0.4 is 15.5 Å². The van der Waals surface area contributed by atoms with Gasteiger partial charge in [0.2, 0.25) is 5.91 Å². The van der Waals surface area contributed by atoms with Gasteiger partial charge in [-0.25, -0.2) is 4.99 Å². The van der Waals surface area contributed by atoms with Crippen molar-refractivity contribution in [3.8, 4) is 0 Å². The molecule has 0 spiro atoms. The van der Waals surface area contributed by atoms with Gasteiger partial charge in [0.1, 0.15) is 6.54 Å². The third-order valence-electron chi connectivity index (χ3n) is 6.35. The smallest absolute Gasteiger partial charge is 0.243 e. The number of hydrogen-bond acceptors (Lipinski definition) is 4. The number of aliphatic imine (C=N–C) groups is 1. The number of nitrogens with zero attached hydrogens (tertiary/aromatic N) is 4. The van der Waals surface area contributed by atoms with Gasteiger partial charge < -0.3 is 20.4 Å². The van der Waals surface area contributed by atoms with E-state index < -0.39 is 0 Å². The highest BCUT2D eigenvalue weighted by Crippen LogP contribution is 2.23. The van der Waals surface area contributed by atoms with Crippen molar-refractivity contribution >= 4 is 17.6 Å². The summed E-state index contributed by atoms with van der Waals surface area (Å²) in [7, 11) is 3.55. The summed E-state index contributed by atoms with van der Waals surface area (Å²) in [6.07, 6.45) is 12.7. The third-order valence-corrected chi connectivity index (χ3v) is 6.35. The molecule has 1 saturated heterocycles. The lowest BCUT2D eigenvalue weighted by atomic mass is 9.89. The van der Waals surface area contributed by atoms with Gasteiger partial charge in [-0.15, -0.1) is 0 Å². The molecule has 2 aliphatic rings. The first-order valence-electron chi connectivity index (χ1n) is 11.5. The Bertz CT molecular complexity index is 664. The number of carbonyl (C=O) groups is 1. The first-order chi connectivity index (χ1) is 14.6. The summed E-state index contributed by atoms with van der Waals surface area (Å²) < 4.78 is 0. The molecule has 7 heteroatoms. The minimum Gasteiger partial charge on any atom is -0.371 e. The molecule has 0 atom stereocenters. The summed E-state index contributed by atoms with van der Waals surface area (Å²) in [5.74, 6) is 2.15. The number of aromatic nitrogens is 1. The molecule has 1 aromatic rings. The maximum atomic E-state index is 12.0. The number of anilines is 1. The van der Waals surface area contributed by atoms with Crippen molar-refractivity contribution in [2.45, 2.75) is 44.9 Å². The maximum Gasteiger partial charge on any atom is 0.243 e. The van der Waals surface area contributed by atoms with Crippen molar-refractivity contribution in [2.24, 2.45) is 16.8 Å². The first-order valence-corrected chi connectivity index (χ1v) is 11.5. The molecule has 0 unspecified atom stereocenters. The zero-order valence-electron chi connectivity index (χ0n) is 18.6. The van der Waals surface area contributed by atoms with Crippen molar-refractivity contribution in [3.63, 3.8) is 0 Å².